The van der Waals surface area contributed by atoms with Gasteiger partial charge in [-0.25, -0.2) is 4.39 Å². The van der Waals surface area contributed by atoms with Crippen molar-refractivity contribution >= 4 is 5.91 Å². The van der Waals surface area contributed by atoms with Crippen LogP contribution in [0.4, 0.5) is 4.39 Å². The molecule has 1 saturated carbocycles. The fraction of sp³-hybridized carbons (Fsp3) is 0.562. The largest absolute Gasteiger partial charge is 0.370 e. The fourth-order valence-electron chi connectivity index (χ4n) is 3.17. The van der Waals surface area contributed by atoms with Crippen molar-refractivity contribution in [3.05, 3.63) is 35.6 Å². The van der Waals surface area contributed by atoms with Crippen LogP contribution < -0.4 is 11.1 Å². The van der Waals surface area contributed by atoms with Crippen LogP contribution in [-0.2, 0) is 4.79 Å². The van der Waals surface area contributed by atoms with Crippen LogP contribution in [-0.4, -0.2) is 11.9 Å². The van der Waals surface area contributed by atoms with E-state index in [1.54, 1.807) is 6.07 Å². The average Bonchev–Trinajstić information content (AvgIpc) is 2.89. The van der Waals surface area contributed by atoms with Crippen molar-refractivity contribution in [2.45, 2.75) is 51.1 Å². The summed E-state index contributed by atoms with van der Waals surface area (Å²) in [6.45, 7) is 1.92. The minimum atomic E-state index is -0.330. The molecule has 1 aliphatic rings. The lowest BCUT2D eigenvalue weighted by molar-refractivity contribution is -0.118. The Morgan fingerprint density at radius 3 is 2.65 bits per heavy atom. The average molecular weight is 278 g/mol. The fourth-order valence-corrected chi connectivity index (χ4v) is 3.17. The Kier molecular flexibility index (Phi) is 5.12. The highest BCUT2D eigenvalue weighted by molar-refractivity contribution is 5.74. The second kappa shape index (κ2) is 6.84. The highest BCUT2D eigenvalue weighted by atomic mass is 19.1. The van der Waals surface area contributed by atoms with Gasteiger partial charge in [0.25, 0.3) is 0 Å². The van der Waals surface area contributed by atoms with Crippen LogP contribution in [0.1, 0.15) is 50.6 Å². The number of hydrogen-bond donors (Lipinski definition) is 2. The number of nitrogens with two attached hydrogens (primary N) is 1. The van der Waals surface area contributed by atoms with Gasteiger partial charge in [0.1, 0.15) is 5.82 Å². The molecule has 1 aromatic carbocycles. The highest BCUT2D eigenvalue weighted by Crippen LogP contribution is 2.36. The maximum absolute atomic E-state index is 14.1. The van der Waals surface area contributed by atoms with Gasteiger partial charge in [-0.15, -0.1) is 0 Å². The van der Waals surface area contributed by atoms with E-state index in [1.165, 1.54) is 18.9 Å². The maximum atomic E-state index is 14.1. The summed E-state index contributed by atoms with van der Waals surface area (Å²) < 4.78 is 14.1. The first kappa shape index (κ1) is 15.0. The highest BCUT2D eigenvalue weighted by Gasteiger charge is 2.29. The maximum Gasteiger partial charge on any atom is 0.218 e. The first-order valence-corrected chi connectivity index (χ1v) is 7.36. The normalized spacial score (nSPS) is 18.9. The van der Waals surface area contributed by atoms with Crippen molar-refractivity contribution in [1.29, 1.82) is 0 Å². The first-order valence-electron chi connectivity index (χ1n) is 7.36. The molecule has 2 rings (SSSR count). The SMILES string of the molecule is C[C@@H](CC(N)=O)N[C@@H](c1ccccc1F)C1CCCC1. The summed E-state index contributed by atoms with van der Waals surface area (Å²) >= 11 is 0. The van der Waals surface area contributed by atoms with Crippen molar-refractivity contribution in [2.24, 2.45) is 11.7 Å². The van der Waals surface area contributed by atoms with Crippen molar-refractivity contribution in [3.63, 3.8) is 0 Å². The lowest BCUT2D eigenvalue weighted by atomic mass is 9.90. The lowest BCUT2D eigenvalue weighted by Crippen LogP contribution is -2.37. The zero-order valence-corrected chi connectivity index (χ0v) is 11.9. The Balaban J connectivity index is 2.16. The summed E-state index contributed by atoms with van der Waals surface area (Å²) in [6, 6.07) is 6.82. The number of benzene rings is 1. The monoisotopic (exact) mass is 278 g/mol. The molecule has 0 aromatic heterocycles. The number of carbonyl (C=O) groups is 1. The van der Waals surface area contributed by atoms with E-state index >= 15 is 0 Å². The molecule has 4 heteroatoms. The number of halogens is 1. The molecule has 110 valence electrons. The number of amides is 1. The Labute approximate surface area is 119 Å². The van der Waals surface area contributed by atoms with E-state index in [-0.39, 0.29) is 30.2 Å². The second-order valence-corrected chi connectivity index (χ2v) is 5.78. The Morgan fingerprint density at radius 2 is 2.05 bits per heavy atom. The van der Waals surface area contributed by atoms with E-state index in [2.05, 4.69) is 5.32 Å². The summed E-state index contributed by atoms with van der Waals surface area (Å²) in [5.41, 5.74) is 5.94. The predicted octanol–water partition coefficient (Wildman–Crippen LogP) is 2.91. The number of primary amides is 1. The molecule has 2 atom stereocenters. The summed E-state index contributed by atoms with van der Waals surface area (Å²) in [5.74, 6) is -0.0749. The molecule has 1 aliphatic carbocycles. The van der Waals surface area contributed by atoms with E-state index in [0.717, 1.165) is 12.8 Å². The van der Waals surface area contributed by atoms with Crippen molar-refractivity contribution in [2.75, 3.05) is 0 Å². The van der Waals surface area contributed by atoms with Crippen molar-refractivity contribution < 1.29 is 9.18 Å². The number of rotatable bonds is 6. The van der Waals surface area contributed by atoms with Gasteiger partial charge in [0.15, 0.2) is 0 Å². The van der Waals surface area contributed by atoms with Gasteiger partial charge < -0.3 is 11.1 Å². The predicted molar refractivity (Wildman–Crippen MR) is 77.5 cm³/mol. The van der Waals surface area contributed by atoms with Crippen LogP contribution >= 0.6 is 0 Å². The number of carbonyl (C=O) groups excluding carboxylic acids is 1. The number of nitrogens with one attached hydrogen (secondary N) is 1. The van der Waals surface area contributed by atoms with E-state index in [4.69, 9.17) is 5.73 Å². The quantitative estimate of drug-likeness (QED) is 0.840. The molecule has 0 radical (unpaired) electrons. The van der Waals surface area contributed by atoms with Crippen LogP contribution in [0.5, 0.6) is 0 Å². The van der Waals surface area contributed by atoms with Gasteiger partial charge in [0.2, 0.25) is 5.91 Å². The van der Waals surface area contributed by atoms with Gasteiger partial charge in [-0.3, -0.25) is 4.79 Å². The smallest absolute Gasteiger partial charge is 0.218 e. The van der Waals surface area contributed by atoms with Crippen molar-refractivity contribution in [1.82, 2.24) is 5.32 Å². The molecule has 0 unspecified atom stereocenters. The molecule has 0 heterocycles. The molecule has 0 spiro atoms. The molecule has 0 saturated heterocycles. The lowest BCUT2D eigenvalue weighted by Gasteiger charge is -2.28. The van der Waals surface area contributed by atoms with Crippen LogP contribution in [0.15, 0.2) is 24.3 Å². The summed E-state index contributed by atoms with van der Waals surface area (Å²) in [6.07, 6.45) is 4.88. The van der Waals surface area contributed by atoms with Crippen LogP contribution in [0, 0.1) is 11.7 Å². The van der Waals surface area contributed by atoms with Gasteiger partial charge in [-0.2, -0.15) is 0 Å². The van der Waals surface area contributed by atoms with Crippen molar-refractivity contribution in [3.8, 4) is 0 Å². The summed E-state index contributed by atoms with van der Waals surface area (Å²) in [5, 5.41) is 3.41. The standard InChI is InChI=1S/C16H23FN2O/c1-11(10-15(18)20)19-16(12-6-2-3-7-12)13-8-4-5-9-14(13)17/h4-5,8-9,11-12,16,19H,2-3,6-7,10H2,1H3,(H2,18,20)/t11-,16+/m0/s1. The topological polar surface area (TPSA) is 55.1 Å². The summed E-state index contributed by atoms with van der Waals surface area (Å²) in [4.78, 5) is 11.0. The second-order valence-electron chi connectivity index (χ2n) is 5.78. The minimum absolute atomic E-state index is 0.0342. The third-order valence-corrected chi connectivity index (χ3v) is 4.08. The van der Waals surface area contributed by atoms with E-state index < -0.39 is 0 Å². The molecular formula is C16H23FN2O. The molecule has 0 aliphatic heterocycles. The van der Waals surface area contributed by atoms with Gasteiger partial charge in [-0.05, 0) is 31.7 Å². The van der Waals surface area contributed by atoms with Gasteiger partial charge in [0.05, 0.1) is 0 Å². The van der Waals surface area contributed by atoms with Crippen LogP contribution in [0.2, 0.25) is 0 Å². The van der Waals surface area contributed by atoms with Gasteiger partial charge in [0, 0.05) is 24.1 Å². The molecular weight excluding hydrogens is 255 g/mol. The molecule has 1 aromatic rings. The zero-order valence-electron chi connectivity index (χ0n) is 11.9. The molecule has 3 nitrogen and oxygen atoms in total. The van der Waals surface area contributed by atoms with Crippen LogP contribution in [0.3, 0.4) is 0 Å². The third kappa shape index (κ3) is 3.79. The Hall–Kier alpha value is -1.42. The molecule has 3 N–H and O–H groups in total. The zero-order chi connectivity index (χ0) is 14.5. The Morgan fingerprint density at radius 1 is 1.40 bits per heavy atom. The Bertz CT molecular complexity index is 458. The minimum Gasteiger partial charge on any atom is -0.370 e. The van der Waals surface area contributed by atoms with E-state index in [1.807, 2.05) is 19.1 Å². The van der Waals surface area contributed by atoms with E-state index in [9.17, 15) is 9.18 Å². The van der Waals surface area contributed by atoms with Crippen LogP contribution in [0.25, 0.3) is 0 Å². The molecule has 0 bridgehead atoms. The third-order valence-electron chi connectivity index (χ3n) is 4.08. The molecule has 20 heavy (non-hydrogen) atoms. The molecule has 1 amide bonds. The summed E-state index contributed by atoms with van der Waals surface area (Å²) in [7, 11) is 0. The first-order chi connectivity index (χ1) is 9.58. The molecule has 1 fully saturated rings. The van der Waals surface area contributed by atoms with Gasteiger partial charge >= 0.3 is 0 Å². The van der Waals surface area contributed by atoms with E-state index in [0.29, 0.717) is 11.5 Å². The number of hydrogen-bond acceptors (Lipinski definition) is 2. The van der Waals surface area contributed by atoms with Gasteiger partial charge in [-0.1, -0.05) is 31.0 Å².